The molecule has 0 unspecified atom stereocenters. The number of halogens is 1. The third kappa shape index (κ3) is 4.27. The van der Waals surface area contributed by atoms with Crippen molar-refractivity contribution < 1.29 is 9.21 Å². The number of nitrogens with one attached hydrogen (secondary N) is 1. The van der Waals surface area contributed by atoms with Gasteiger partial charge in [0, 0.05) is 16.1 Å². The fraction of sp³-hybridized carbons (Fsp3) is 0.0667. The molecule has 0 atom stereocenters. The fourth-order valence-corrected chi connectivity index (χ4v) is 2.06. The van der Waals surface area contributed by atoms with Crippen molar-refractivity contribution in [1.82, 2.24) is 5.32 Å². The van der Waals surface area contributed by atoms with Crippen LogP contribution in [0.15, 0.2) is 45.3 Å². The van der Waals surface area contributed by atoms with Gasteiger partial charge in [0.2, 0.25) is 5.91 Å². The number of carbonyl (C=O) groups excluding carboxylic acids is 1. The van der Waals surface area contributed by atoms with Crippen LogP contribution in [0.25, 0.3) is 17.4 Å². The first-order valence-corrected chi connectivity index (χ1v) is 7.30. The van der Waals surface area contributed by atoms with Gasteiger partial charge < -0.3 is 10.2 Å². The normalized spacial score (nSPS) is 10.8. The molecule has 0 fully saturated rings. The Morgan fingerprint density at radius 3 is 2.81 bits per heavy atom. The van der Waals surface area contributed by atoms with Gasteiger partial charge in [0.15, 0.2) is 5.11 Å². The van der Waals surface area contributed by atoms with Crippen LogP contribution in [0.1, 0.15) is 11.3 Å². The second-order valence-corrected chi connectivity index (χ2v) is 5.65. The van der Waals surface area contributed by atoms with E-state index in [0.29, 0.717) is 5.76 Å². The van der Waals surface area contributed by atoms with Gasteiger partial charge in [-0.15, -0.1) is 0 Å². The summed E-state index contributed by atoms with van der Waals surface area (Å²) in [5.74, 6) is 0.920. The lowest BCUT2D eigenvalue weighted by Gasteiger charge is -2.01. The van der Waals surface area contributed by atoms with E-state index < -0.39 is 0 Å². The minimum absolute atomic E-state index is 0.0601. The van der Waals surface area contributed by atoms with Crippen LogP contribution < -0.4 is 11.1 Å². The topological polar surface area (TPSA) is 68.3 Å². The maximum Gasteiger partial charge on any atom is 0.250 e. The maximum absolute atomic E-state index is 11.4. The molecule has 0 radical (unpaired) electrons. The minimum atomic E-state index is -0.389. The summed E-state index contributed by atoms with van der Waals surface area (Å²) >= 11 is 8.04. The molecular formula is C15H13BrN2O2S. The van der Waals surface area contributed by atoms with Gasteiger partial charge in [-0.05, 0) is 55.0 Å². The number of benzene rings is 1. The van der Waals surface area contributed by atoms with Crippen molar-refractivity contribution in [3.05, 3.63) is 52.2 Å². The molecule has 0 aliphatic rings. The zero-order chi connectivity index (χ0) is 15.4. The summed E-state index contributed by atoms with van der Waals surface area (Å²) in [4.78, 5) is 11.4. The van der Waals surface area contributed by atoms with Crippen LogP contribution in [-0.2, 0) is 4.79 Å². The van der Waals surface area contributed by atoms with E-state index in [4.69, 9.17) is 10.2 Å². The highest BCUT2D eigenvalue weighted by molar-refractivity contribution is 9.10. The van der Waals surface area contributed by atoms with Gasteiger partial charge in [-0.1, -0.05) is 22.0 Å². The molecule has 108 valence electrons. The molecule has 21 heavy (non-hydrogen) atoms. The summed E-state index contributed by atoms with van der Waals surface area (Å²) in [6.45, 7) is 2.01. The van der Waals surface area contributed by atoms with Crippen molar-refractivity contribution in [3.8, 4) is 11.3 Å². The van der Waals surface area contributed by atoms with Gasteiger partial charge in [-0.2, -0.15) is 0 Å². The second kappa shape index (κ2) is 6.69. The first kappa shape index (κ1) is 15.5. The Morgan fingerprint density at radius 2 is 2.14 bits per heavy atom. The van der Waals surface area contributed by atoms with E-state index in [1.54, 1.807) is 12.1 Å². The molecule has 6 heteroatoms. The molecule has 3 N–H and O–H groups in total. The van der Waals surface area contributed by atoms with E-state index in [1.807, 2.05) is 31.2 Å². The quantitative estimate of drug-likeness (QED) is 0.646. The van der Waals surface area contributed by atoms with Crippen molar-refractivity contribution in [2.45, 2.75) is 6.92 Å². The summed E-state index contributed by atoms with van der Waals surface area (Å²) in [6, 6.07) is 9.60. The second-order valence-electron chi connectivity index (χ2n) is 4.35. The smallest absolute Gasteiger partial charge is 0.250 e. The predicted molar refractivity (Wildman–Crippen MR) is 90.5 cm³/mol. The van der Waals surface area contributed by atoms with Crippen LogP contribution in [0.3, 0.4) is 0 Å². The number of furan rings is 1. The van der Waals surface area contributed by atoms with Crippen LogP contribution in [0.5, 0.6) is 0 Å². The molecular weight excluding hydrogens is 352 g/mol. The number of hydrogen-bond acceptors (Lipinski definition) is 3. The number of amides is 1. The maximum atomic E-state index is 11.4. The van der Waals surface area contributed by atoms with Gasteiger partial charge in [-0.25, -0.2) is 0 Å². The Labute approximate surface area is 136 Å². The Morgan fingerprint density at radius 1 is 1.38 bits per heavy atom. The van der Waals surface area contributed by atoms with E-state index in [-0.39, 0.29) is 11.0 Å². The van der Waals surface area contributed by atoms with E-state index in [0.717, 1.165) is 21.4 Å². The standard InChI is InChI=1S/C15H13BrN2O2S/c1-9-8-10(2-5-12(9)16)13-6-3-11(20-13)4-7-14(19)18-15(17)21/h2-8H,1H3,(H3,17,18,19,21)/b7-4+. The highest BCUT2D eigenvalue weighted by Crippen LogP contribution is 2.26. The van der Waals surface area contributed by atoms with Crippen LogP contribution in [0.2, 0.25) is 0 Å². The molecule has 1 aromatic heterocycles. The monoisotopic (exact) mass is 364 g/mol. The summed E-state index contributed by atoms with van der Waals surface area (Å²) in [5.41, 5.74) is 7.30. The molecule has 0 aliphatic carbocycles. The highest BCUT2D eigenvalue weighted by atomic mass is 79.9. The van der Waals surface area contributed by atoms with Gasteiger partial charge in [-0.3, -0.25) is 10.1 Å². The summed E-state index contributed by atoms with van der Waals surface area (Å²) in [6.07, 6.45) is 2.87. The molecule has 0 spiro atoms. The number of rotatable bonds is 3. The van der Waals surface area contributed by atoms with Crippen molar-refractivity contribution in [2.75, 3.05) is 0 Å². The number of carbonyl (C=O) groups is 1. The molecule has 4 nitrogen and oxygen atoms in total. The number of aryl methyl sites for hydroxylation is 1. The van der Waals surface area contributed by atoms with Crippen LogP contribution >= 0.6 is 28.1 Å². The highest BCUT2D eigenvalue weighted by Gasteiger charge is 2.05. The van der Waals surface area contributed by atoms with E-state index >= 15 is 0 Å². The number of nitrogens with two attached hydrogens (primary N) is 1. The van der Waals surface area contributed by atoms with Crippen molar-refractivity contribution >= 4 is 45.2 Å². The molecule has 2 aromatic rings. The van der Waals surface area contributed by atoms with Gasteiger partial charge in [0.1, 0.15) is 11.5 Å². The Kier molecular flexibility index (Phi) is 4.93. The van der Waals surface area contributed by atoms with E-state index in [1.165, 1.54) is 6.08 Å². The van der Waals surface area contributed by atoms with Crippen molar-refractivity contribution in [3.63, 3.8) is 0 Å². The average molecular weight is 365 g/mol. The van der Waals surface area contributed by atoms with Crippen molar-refractivity contribution in [1.29, 1.82) is 0 Å². The predicted octanol–water partition coefficient (Wildman–Crippen LogP) is 3.39. The lowest BCUT2D eigenvalue weighted by molar-refractivity contribution is -0.115. The van der Waals surface area contributed by atoms with Gasteiger partial charge in [0.05, 0.1) is 0 Å². The lowest BCUT2D eigenvalue weighted by atomic mass is 10.1. The Balaban J connectivity index is 2.14. The molecule has 1 heterocycles. The SMILES string of the molecule is Cc1cc(-c2ccc(/C=C/C(=O)NC(N)=S)o2)ccc1Br. The van der Waals surface area contributed by atoms with Crippen LogP contribution in [-0.4, -0.2) is 11.0 Å². The Hall–Kier alpha value is -1.92. The molecule has 0 aliphatic heterocycles. The third-order valence-corrected chi connectivity index (χ3v) is 3.71. The number of hydrogen-bond donors (Lipinski definition) is 2. The van der Waals surface area contributed by atoms with Gasteiger partial charge in [0.25, 0.3) is 0 Å². The largest absolute Gasteiger partial charge is 0.457 e. The number of thiocarbonyl (C=S) groups is 1. The molecule has 0 bridgehead atoms. The van der Waals surface area contributed by atoms with E-state index in [9.17, 15) is 4.79 Å². The zero-order valence-electron chi connectivity index (χ0n) is 11.2. The average Bonchev–Trinajstić information content (AvgIpc) is 2.88. The van der Waals surface area contributed by atoms with E-state index in [2.05, 4.69) is 33.5 Å². The molecule has 0 saturated heterocycles. The summed E-state index contributed by atoms with van der Waals surface area (Å²) < 4.78 is 6.72. The summed E-state index contributed by atoms with van der Waals surface area (Å²) in [7, 11) is 0. The minimum Gasteiger partial charge on any atom is -0.457 e. The lowest BCUT2D eigenvalue weighted by Crippen LogP contribution is -2.33. The molecule has 1 aromatic carbocycles. The molecule has 1 amide bonds. The van der Waals surface area contributed by atoms with Gasteiger partial charge >= 0.3 is 0 Å². The summed E-state index contributed by atoms with van der Waals surface area (Å²) in [5, 5.41) is 2.24. The molecule has 2 rings (SSSR count). The van der Waals surface area contributed by atoms with Crippen LogP contribution in [0.4, 0.5) is 0 Å². The van der Waals surface area contributed by atoms with Crippen LogP contribution in [0, 0.1) is 6.92 Å². The fourth-order valence-electron chi connectivity index (χ4n) is 1.72. The first-order chi connectivity index (χ1) is 9.95. The first-order valence-electron chi connectivity index (χ1n) is 6.10. The molecule has 0 saturated carbocycles. The Bertz CT molecular complexity index is 722. The van der Waals surface area contributed by atoms with Crippen molar-refractivity contribution in [2.24, 2.45) is 5.73 Å². The zero-order valence-corrected chi connectivity index (χ0v) is 13.6. The third-order valence-electron chi connectivity index (χ3n) is 2.71.